The molecule has 0 aliphatic carbocycles. The van der Waals surface area contributed by atoms with Gasteiger partial charge in [-0.2, -0.15) is 0 Å². The molecule has 0 amide bonds. The minimum atomic E-state index is -1.54. The van der Waals surface area contributed by atoms with Gasteiger partial charge in [0.25, 0.3) is 0 Å². The van der Waals surface area contributed by atoms with Crippen molar-refractivity contribution in [2.45, 2.75) is 33.1 Å². The van der Waals surface area contributed by atoms with Gasteiger partial charge < -0.3 is 14.4 Å². The van der Waals surface area contributed by atoms with Crippen LogP contribution in [-0.4, -0.2) is 31.3 Å². The molecule has 0 N–H and O–H groups in total. The first-order valence-corrected chi connectivity index (χ1v) is 6.72. The number of hydrogen-bond donors (Lipinski definition) is 0. The van der Waals surface area contributed by atoms with Crippen LogP contribution in [0.1, 0.15) is 33.1 Å². The van der Waals surface area contributed by atoms with E-state index in [1.165, 1.54) is 5.80 Å². The maximum Gasteiger partial charge on any atom is 0.313 e. The highest BCUT2D eigenvalue weighted by Crippen LogP contribution is 2.10. The highest BCUT2D eigenvalue weighted by molar-refractivity contribution is 7.49. The first-order valence-electron chi connectivity index (χ1n) is 5.21. The second-order valence-electron chi connectivity index (χ2n) is 3.06. The number of esters is 1. The zero-order valence-corrected chi connectivity index (χ0v) is 10.3. The zero-order valence-electron chi connectivity index (χ0n) is 9.40. The third kappa shape index (κ3) is 9.85. The van der Waals surface area contributed by atoms with Crippen molar-refractivity contribution in [3.63, 3.8) is 0 Å². The monoisotopic (exact) mass is 234 g/mol. The van der Waals surface area contributed by atoms with Gasteiger partial charge in [-0.25, -0.2) is 0 Å². The molecule has 4 nitrogen and oxygen atoms in total. The summed E-state index contributed by atoms with van der Waals surface area (Å²) in [5, 5.41) is 0. The molecule has 1 unspecified atom stereocenters. The van der Waals surface area contributed by atoms with Crippen molar-refractivity contribution in [1.82, 2.24) is 0 Å². The maximum absolute atomic E-state index is 11.3. The standard InChI is InChI=1S/C10H19O4P/c1-3-6-13-9-15(12)8-5-10(11)14-7-4-2/h8H,3-7,9H2,1-2H3. The van der Waals surface area contributed by atoms with E-state index in [0.29, 0.717) is 13.2 Å². The first kappa shape index (κ1) is 14.6. The fraction of sp³-hybridized carbons (Fsp3) is 0.800. The van der Waals surface area contributed by atoms with Gasteiger partial charge in [-0.15, -0.1) is 0 Å². The number of carbonyl (C=O) groups excluding carboxylic acids is 1. The summed E-state index contributed by atoms with van der Waals surface area (Å²) in [6.45, 7) is 4.94. The summed E-state index contributed by atoms with van der Waals surface area (Å²) in [5.74, 6) is 1.14. The molecular weight excluding hydrogens is 215 g/mol. The molecule has 5 heteroatoms. The predicted molar refractivity (Wildman–Crippen MR) is 60.0 cm³/mol. The van der Waals surface area contributed by atoms with Crippen molar-refractivity contribution in [1.29, 1.82) is 0 Å². The van der Waals surface area contributed by atoms with Crippen molar-refractivity contribution in [3.05, 3.63) is 0 Å². The molecule has 0 saturated carbocycles. The van der Waals surface area contributed by atoms with Crippen molar-refractivity contribution in [2.24, 2.45) is 0 Å². The van der Waals surface area contributed by atoms with Gasteiger partial charge in [0.1, 0.15) is 6.42 Å². The van der Waals surface area contributed by atoms with Gasteiger partial charge in [-0.05, 0) is 12.8 Å². The van der Waals surface area contributed by atoms with E-state index < -0.39 is 7.77 Å². The van der Waals surface area contributed by atoms with Crippen LogP contribution in [0.4, 0.5) is 0 Å². The molecule has 0 spiro atoms. The van der Waals surface area contributed by atoms with E-state index in [1.807, 2.05) is 13.8 Å². The summed E-state index contributed by atoms with van der Waals surface area (Å²) >= 11 is 0. The molecule has 0 aromatic rings. The first-order chi connectivity index (χ1) is 7.20. The second-order valence-corrected chi connectivity index (χ2v) is 4.52. The Bertz CT molecular complexity index is 204. The van der Waals surface area contributed by atoms with Gasteiger partial charge in [-0.3, -0.25) is 4.79 Å². The average molecular weight is 234 g/mol. The van der Waals surface area contributed by atoms with E-state index in [0.717, 1.165) is 12.8 Å². The molecule has 0 radical (unpaired) electrons. The van der Waals surface area contributed by atoms with Crippen LogP contribution in [0.5, 0.6) is 0 Å². The Kier molecular flexibility index (Phi) is 9.79. The SMILES string of the molecule is CCCOC[P+]([O-])=CCC(=O)OCCC. The minimum absolute atomic E-state index is 0.102. The van der Waals surface area contributed by atoms with E-state index in [9.17, 15) is 9.69 Å². The van der Waals surface area contributed by atoms with Crippen LogP contribution >= 0.6 is 7.77 Å². The summed E-state index contributed by atoms with van der Waals surface area (Å²) in [4.78, 5) is 22.3. The van der Waals surface area contributed by atoms with Crippen LogP contribution in [0.2, 0.25) is 0 Å². The fourth-order valence-corrected chi connectivity index (χ4v) is 1.57. The van der Waals surface area contributed by atoms with Crippen molar-refractivity contribution in [3.8, 4) is 0 Å². The molecule has 0 saturated heterocycles. The lowest BCUT2D eigenvalue weighted by atomic mass is 10.5. The predicted octanol–water partition coefficient (Wildman–Crippen LogP) is 1.27. The molecule has 0 fully saturated rings. The molecular formula is C10H19O4P. The summed E-state index contributed by atoms with van der Waals surface area (Å²) in [7, 11) is -1.54. The van der Waals surface area contributed by atoms with E-state index >= 15 is 0 Å². The molecule has 0 rings (SSSR count). The summed E-state index contributed by atoms with van der Waals surface area (Å²) in [5.41, 5.74) is 0. The quantitative estimate of drug-likeness (QED) is 0.360. The highest BCUT2D eigenvalue weighted by atomic mass is 31.1. The molecule has 1 atom stereocenters. The number of carbonyl (C=O) groups is 1. The fourth-order valence-electron chi connectivity index (χ4n) is 0.803. The van der Waals surface area contributed by atoms with Crippen molar-refractivity contribution >= 4 is 19.5 Å². The molecule has 0 aromatic heterocycles. The zero-order chi connectivity index (χ0) is 11.5. The molecule has 0 bridgehead atoms. The molecule has 88 valence electrons. The molecule has 0 aliphatic rings. The summed E-state index contributed by atoms with van der Waals surface area (Å²) < 4.78 is 9.92. The Morgan fingerprint density at radius 1 is 1.33 bits per heavy atom. The van der Waals surface area contributed by atoms with Gasteiger partial charge in [0.2, 0.25) is 6.35 Å². The van der Waals surface area contributed by atoms with Gasteiger partial charge in [-0.1, -0.05) is 13.8 Å². The van der Waals surface area contributed by atoms with E-state index in [2.05, 4.69) is 0 Å². The third-order valence-corrected chi connectivity index (χ3v) is 2.52. The smallest absolute Gasteiger partial charge is 0.313 e. The van der Waals surface area contributed by atoms with E-state index in [1.54, 1.807) is 0 Å². The lowest BCUT2D eigenvalue weighted by Crippen LogP contribution is -2.07. The summed E-state index contributed by atoms with van der Waals surface area (Å²) in [6, 6.07) is 0. The largest absolute Gasteiger partial charge is 0.629 e. The Labute approximate surface area is 92.1 Å². The Balaban J connectivity index is 3.59. The van der Waals surface area contributed by atoms with Crippen LogP contribution in [0.25, 0.3) is 0 Å². The van der Waals surface area contributed by atoms with E-state index in [-0.39, 0.29) is 18.7 Å². The Morgan fingerprint density at radius 3 is 2.60 bits per heavy atom. The van der Waals surface area contributed by atoms with E-state index in [4.69, 9.17) is 9.47 Å². The minimum Gasteiger partial charge on any atom is -0.629 e. The maximum atomic E-state index is 11.3. The lowest BCUT2D eigenvalue weighted by Gasteiger charge is -2.01. The van der Waals surface area contributed by atoms with Gasteiger partial charge in [0, 0.05) is 0 Å². The van der Waals surface area contributed by atoms with Gasteiger partial charge in [0.05, 0.1) is 26.8 Å². The summed E-state index contributed by atoms with van der Waals surface area (Å²) in [6.07, 6.45) is 2.01. The average Bonchev–Trinajstić information content (AvgIpc) is 2.24. The second kappa shape index (κ2) is 10.1. The van der Waals surface area contributed by atoms with Gasteiger partial charge >= 0.3 is 5.97 Å². The van der Waals surface area contributed by atoms with Crippen molar-refractivity contribution in [2.75, 3.05) is 19.6 Å². The molecule has 0 aliphatic heterocycles. The molecule has 0 heterocycles. The van der Waals surface area contributed by atoms with Crippen LogP contribution in [0, 0.1) is 0 Å². The molecule has 0 aromatic carbocycles. The lowest BCUT2D eigenvalue weighted by molar-refractivity contribution is -0.157. The number of hydrogen-bond acceptors (Lipinski definition) is 4. The van der Waals surface area contributed by atoms with Gasteiger partial charge in [0.15, 0.2) is 0 Å². The van der Waals surface area contributed by atoms with Crippen LogP contribution in [-0.2, 0) is 14.3 Å². The van der Waals surface area contributed by atoms with Crippen molar-refractivity contribution < 1.29 is 19.2 Å². The number of ether oxygens (including phenoxy) is 2. The third-order valence-electron chi connectivity index (χ3n) is 1.50. The number of rotatable bonds is 8. The molecule has 15 heavy (non-hydrogen) atoms. The van der Waals surface area contributed by atoms with Crippen LogP contribution in [0.3, 0.4) is 0 Å². The van der Waals surface area contributed by atoms with Crippen LogP contribution in [0.15, 0.2) is 0 Å². The Morgan fingerprint density at radius 2 is 2.00 bits per heavy atom. The normalized spacial score (nSPS) is 11.5. The van der Waals surface area contributed by atoms with Crippen LogP contribution < -0.4 is 4.89 Å². The topological polar surface area (TPSA) is 58.6 Å². The Hall–Kier alpha value is -0.440. The highest BCUT2D eigenvalue weighted by Gasteiger charge is 2.03.